The summed E-state index contributed by atoms with van der Waals surface area (Å²) in [5.41, 5.74) is 1.16. The predicted octanol–water partition coefficient (Wildman–Crippen LogP) is 2.35. The number of ether oxygens (including phenoxy) is 2. The van der Waals surface area contributed by atoms with E-state index in [0.29, 0.717) is 18.8 Å². The minimum atomic E-state index is -0.768. The highest BCUT2D eigenvalue weighted by atomic mass is 16.6. The molecule has 1 aliphatic rings. The fraction of sp³-hybridized carbons (Fsp3) is 0.333. The van der Waals surface area contributed by atoms with Crippen LogP contribution in [0.4, 0.5) is 5.69 Å². The number of carbonyl (C=O) groups is 2. The van der Waals surface area contributed by atoms with E-state index in [1.807, 2.05) is 36.4 Å². The Bertz CT molecular complexity index is 743. The molecule has 0 N–H and O–H groups in total. The number of rotatable bonds is 6. The molecule has 1 atom stereocenters. The molecule has 2 aromatic carbocycles. The van der Waals surface area contributed by atoms with Gasteiger partial charge in [0.1, 0.15) is 5.75 Å². The average molecular weight is 368 g/mol. The average Bonchev–Trinajstić information content (AvgIpc) is 2.73. The van der Waals surface area contributed by atoms with Crippen molar-refractivity contribution in [2.75, 3.05) is 37.7 Å². The van der Waals surface area contributed by atoms with Crippen LogP contribution in [0.15, 0.2) is 60.7 Å². The fourth-order valence-electron chi connectivity index (χ4n) is 2.95. The third-order valence-corrected chi connectivity index (χ3v) is 4.48. The van der Waals surface area contributed by atoms with Crippen LogP contribution in [-0.2, 0) is 14.3 Å². The third-order valence-electron chi connectivity index (χ3n) is 4.48. The van der Waals surface area contributed by atoms with Crippen molar-refractivity contribution in [3.05, 3.63) is 60.7 Å². The Balaban J connectivity index is 1.41. The van der Waals surface area contributed by atoms with E-state index in [1.54, 1.807) is 24.0 Å². The summed E-state index contributed by atoms with van der Waals surface area (Å²) in [5, 5.41) is 0. The molecule has 1 fully saturated rings. The second-order valence-corrected chi connectivity index (χ2v) is 6.38. The van der Waals surface area contributed by atoms with Gasteiger partial charge in [0, 0.05) is 31.9 Å². The van der Waals surface area contributed by atoms with Crippen LogP contribution < -0.4 is 9.64 Å². The lowest BCUT2D eigenvalue weighted by atomic mass is 10.2. The lowest BCUT2D eigenvalue weighted by Crippen LogP contribution is -2.50. The quantitative estimate of drug-likeness (QED) is 0.733. The van der Waals surface area contributed by atoms with Crippen molar-refractivity contribution in [2.45, 2.75) is 13.0 Å². The van der Waals surface area contributed by atoms with Gasteiger partial charge in [-0.25, -0.2) is 4.79 Å². The summed E-state index contributed by atoms with van der Waals surface area (Å²) >= 11 is 0. The first-order valence-electron chi connectivity index (χ1n) is 9.09. The zero-order valence-corrected chi connectivity index (χ0v) is 15.4. The molecule has 0 unspecified atom stereocenters. The molecule has 1 saturated heterocycles. The molecule has 0 saturated carbocycles. The molecule has 3 rings (SSSR count). The van der Waals surface area contributed by atoms with Gasteiger partial charge in [-0.15, -0.1) is 0 Å². The van der Waals surface area contributed by atoms with Crippen molar-refractivity contribution in [2.24, 2.45) is 0 Å². The van der Waals surface area contributed by atoms with E-state index in [1.165, 1.54) is 0 Å². The van der Waals surface area contributed by atoms with Crippen molar-refractivity contribution >= 4 is 17.6 Å². The molecular formula is C21H24N2O4. The van der Waals surface area contributed by atoms with Gasteiger partial charge in [-0.3, -0.25) is 4.79 Å². The standard InChI is InChI=1S/C21H24N2O4/c1-17(27-19-10-6-3-7-11-19)21(25)26-16-20(24)23-14-12-22(13-15-23)18-8-4-2-5-9-18/h2-11,17H,12-16H2,1H3/t17-/m0/s1. The number of amides is 1. The van der Waals surface area contributed by atoms with Gasteiger partial charge in [0.25, 0.3) is 5.91 Å². The van der Waals surface area contributed by atoms with E-state index >= 15 is 0 Å². The maximum Gasteiger partial charge on any atom is 0.347 e. The molecule has 2 aromatic rings. The number of hydrogen-bond donors (Lipinski definition) is 0. The number of carbonyl (C=O) groups excluding carboxylic acids is 2. The van der Waals surface area contributed by atoms with Crippen LogP contribution in [0.25, 0.3) is 0 Å². The molecule has 0 bridgehead atoms. The molecule has 6 nitrogen and oxygen atoms in total. The van der Waals surface area contributed by atoms with Crippen molar-refractivity contribution in [3.8, 4) is 5.75 Å². The van der Waals surface area contributed by atoms with E-state index in [-0.39, 0.29) is 12.5 Å². The molecule has 27 heavy (non-hydrogen) atoms. The summed E-state index contributed by atoms with van der Waals surface area (Å²) in [7, 11) is 0. The molecule has 1 heterocycles. The molecule has 0 spiro atoms. The maximum atomic E-state index is 12.3. The van der Waals surface area contributed by atoms with E-state index in [2.05, 4.69) is 17.0 Å². The Labute approximate surface area is 159 Å². The molecule has 142 valence electrons. The molecule has 0 radical (unpaired) electrons. The number of para-hydroxylation sites is 2. The van der Waals surface area contributed by atoms with Crippen LogP contribution in [0.1, 0.15) is 6.92 Å². The molecule has 0 aliphatic carbocycles. The predicted molar refractivity (Wildman–Crippen MR) is 103 cm³/mol. The minimum absolute atomic E-state index is 0.178. The number of anilines is 1. The zero-order chi connectivity index (χ0) is 19.1. The van der Waals surface area contributed by atoms with Crippen LogP contribution in [-0.4, -0.2) is 55.7 Å². The molecule has 6 heteroatoms. The zero-order valence-electron chi connectivity index (χ0n) is 15.4. The van der Waals surface area contributed by atoms with Crippen molar-refractivity contribution < 1.29 is 19.1 Å². The number of piperazine rings is 1. The summed E-state index contributed by atoms with van der Waals surface area (Å²) in [4.78, 5) is 28.3. The van der Waals surface area contributed by atoms with Gasteiger partial charge in [0.15, 0.2) is 12.7 Å². The van der Waals surface area contributed by atoms with Crippen molar-refractivity contribution in [1.82, 2.24) is 4.90 Å². The van der Waals surface area contributed by atoms with Crippen LogP contribution in [0.2, 0.25) is 0 Å². The maximum absolute atomic E-state index is 12.3. The van der Waals surface area contributed by atoms with E-state index in [4.69, 9.17) is 9.47 Å². The highest BCUT2D eigenvalue weighted by molar-refractivity contribution is 5.82. The molecular weight excluding hydrogens is 344 g/mol. The summed E-state index contributed by atoms with van der Waals surface area (Å²) in [6.45, 7) is 4.10. The highest BCUT2D eigenvalue weighted by Crippen LogP contribution is 2.16. The first-order valence-corrected chi connectivity index (χ1v) is 9.09. The fourth-order valence-corrected chi connectivity index (χ4v) is 2.95. The topological polar surface area (TPSA) is 59.1 Å². The molecule has 0 aromatic heterocycles. The van der Waals surface area contributed by atoms with E-state index < -0.39 is 12.1 Å². The minimum Gasteiger partial charge on any atom is -0.479 e. The van der Waals surface area contributed by atoms with Crippen LogP contribution in [0, 0.1) is 0 Å². The number of hydrogen-bond acceptors (Lipinski definition) is 5. The van der Waals surface area contributed by atoms with Crippen LogP contribution in [0.5, 0.6) is 5.75 Å². The normalized spacial score (nSPS) is 15.1. The summed E-state index contributed by atoms with van der Waals surface area (Å²) in [6, 6.07) is 19.2. The SMILES string of the molecule is C[C@H](Oc1ccccc1)C(=O)OCC(=O)N1CCN(c2ccccc2)CC1. The number of nitrogens with zero attached hydrogens (tertiary/aromatic N) is 2. The Morgan fingerprint density at radius 1 is 0.926 bits per heavy atom. The van der Waals surface area contributed by atoms with Gasteiger partial charge in [0.05, 0.1) is 0 Å². The summed E-state index contributed by atoms with van der Waals surface area (Å²) < 4.78 is 10.6. The van der Waals surface area contributed by atoms with Gasteiger partial charge in [-0.2, -0.15) is 0 Å². The monoisotopic (exact) mass is 368 g/mol. The largest absolute Gasteiger partial charge is 0.479 e. The van der Waals surface area contributed by atoms with E-state index in [9.17, 15) is 9.59 Å². The number of esters is 1. The van der Waals surface area contributed by atoms with Crippen molar-refractivity contribution in [3.63, 3.8) is 0 Å². The van der Waals surface area contributed by atoms with Gasteiger partial charge >= 0.3 is 5.97 Å². The van der Waals surface area contributed by atoms with Crippen molar-refractivity contribution in [1.29, 1.82) is 0 Å². The second kappa shape index (κ2) is 9.07. The number of benzene rings is 2. The van der Waals surface area contributed by atoms with Gasteiger partial charge < -0.3 is 19.3 Å². The summed E-state index contributed by atoms with van der Waals surface area (Å²) in [6.07, 6.45) is -0.768. The highest BCUT2D eigenvalue weighted by Gasteiger charge is 2.23. The Morgan fingerprint density at radius 2 is 1.52 bits per heavy atom. The third kappa shape index (κ3) is 5.23. The lowest BCUT2D eigenvalue weighted by molar-refractivity contribution is -0.157. The van der Waals surface area contributed by atoms with E-state index in [0.717, 1.165) is 18.8 Å². The summed E-state index contributed by atoms with van der Waals surface area (Å²) in [5.74, 6) is -0.136. The Kier molecular flexibility index (Phi) is 6.30. The Morgan fingerprint density at radius 3 is 2.15 bits per heavy atom. The smallest absolute Gasteiger partial charge is 0.347 e. The molecule has 1 aliphatic heterocycles. The second-order valence-electron chi connectivity index (χ2n) is 6.38. The first kappa shape index (κ1) is 18.8. The lowest BCUT2D eigenvalue weighted by Gasteiger charge is -2.36. The van der Waals surface area contributed by atoms with Crippen LogP contribution >= 0.6 is 0 Å². The van der Waals surface area contributed by atoms with Crippen LogP contribution in [0.3, 0.4) is 0 Å². The molecule has 1 amide bonds. The Hall–Kier alpha value is -3.02. The first-order chi connectivity index (χ1) is 13.1. The van der Waals surface area contributed by atoms with Gasteiger partial charge in [-0.05, 0) is 31.2 Å². The van der Waals surface area contributed by atoms with Gasteiger partial charge in [0.2, 0.25) is 0 Å². The van der Waals surface area contributed by atoms with Gasteiger partial charge in [-0.1, -0.05) is 36.4 Å².